The van der Waals surface area contributed by atoms with E-state index in [1.807, 2.05) is 6.92 Å². The van der Waals surface area contributed by atoms with E-state index in [-0.39, 0.29) is 11.8 Å². The van der Waals surface area contributed by atoms with Gasteiger partial charge < -0.3 is 16.0 Å². The van der Waals surface area contributed by atoms with E-state index in [1.54, 1.807) is 0 Å². The second kappa shape index (κ2) is 7.67. The average Bonchev–Trinajstić information content (AvgIpc) is 2.34. The van der Waals surface area contributed by atoms with Crippen LogP contribution < -0.4 is 11.1 Å². The van der Waals surface area contributed by atoms with Gasteiger partial charge in [-0.25, -0.2) is 0 Å². The lowest BCUT2D eigenvalue weighted by Crippen LogP contribution is -2.45. The lowest BCUT2D eigenvalue weighted by atomic mass is 10.0. The lowest BCUT2D eigenvalue weighted by molar-refractivity contribution is -0.125. The van der Waals surface area contributed by atoms with Crippen molar-refractivity contribution in [2.24, 2.45) is 11.7 Å². The van der Waals surface area contributed by atoms with E-state index in [9.17, 15) is 4.79 Å². The van der Waals surface area contributed by atoms with E-state index in [0.717, 1.165) is 25.9 Å². The third kappa shape index (κ3) is 5.04. The quantitative estimate of drug-likeness (QED) is 0.728. The molecule has 1 saturated heterocycles. The number of carbonyl (C=O) groups is 1. The highest BCUT2D eigenvalue weighted by atomic mass is 16.1. The minimum atomic E-state index is 0.0902. The van der Waals surface area contributed by atoms with E-state index in [4.69, 9.17) is 5.73 Å². The Morgan fingerprint density at radius 1 is 1.53 bits per heavy atom. The van der Waals surface area contributed by atoms with E-state index >= 15 is 0 Å². The zero-order valence-electron chi connectivity index (χ0n) is 11.2. The normalized spacial score (nSPS) is 23.4. The lowest BCUT2D eigenvalue weighted by Gasteiger charge is -2.32. The first-order chi connectivity index (χ1) is 8.15. The molecule has 2 atom stereocenters. The first-order valence-corrected chi connectivity index (χ1v) is 6.83. The topological polar surface area (TPSA) is 58.4 Å². The van der Waals surface area contributed by atoms with Crippen LogP contribution in [0.5, 0.6) is 0 Å². The summed E-state index contributed by atoms with van der Waals surface area (Å²) in [6, 6.07) is 0.523. The Balaban J connectivity index is 2.22. The minimum absolute atomic E-state index is 0.0902. The summed E-state index contributed by atoms with van der Waals surface area (Å²) in [5.41, 5.74) is 5.45. The molecule has 0 aromatic carbocycles. The molecule has 1 heterocycles. The van der Waals surface area contributed by atoms with Crippen molar-refractivity contribution >= 4 is 5.91 Å². The summed E-state index contributed by atoms with van der Waals surface area (Å²) < 4.78 is 0. The van der Waals surface area contributed by atoms with E-state index in [2.05, 4.69) is 17.3 Å². The molecule has 3 N–H and O–H groups in total. The fraction of sp³-hybridized carbons (Fsp3) is 0.923. The van der Waals surface area contributed by atoms with Crippen LogP contribution >= 0.6 is 0 Å². The van der Waals surface area contributed by atoms with Gasteiger partial charge in [0.05, 0.1) is 0 Å². The number of hydrogen-bond acceptors (Lipinski definition) is 3. The van der Waals surface area contributed by atoms with Gasteiger partial charge in [-0.2, -0.15) is 0 Å². The van der Waals surface area contributed by atoms with E-state index in [1.165, 1.54) is 19.3 Å². The second-order valence-electron chi connectivity index (χ2n) is 5.21. The van der Waals surface area contributed by atoms with Gasteiger partial charge >= 0.3 is 0 Å². The van der Waals surface area contributed by atoms with Gasteiger partial charge in [-0.15, -0.1) is 0 Å². The Morgan fingerprint density at radius 3 is 2.94 bits per heavy atom. The third-order valence-corrected chi connectivity index (χ3v) is 3.72. The summed E-state index contributed by atoms with van der Waals surface area (Å²) in [6.45, 7) is 4.60. The van der Waals surface area contributed by atoms with Crippen molar-refractivity contribution in [3.63, 3.8) is 0 Å². The van der Waals surface area contributed by atoms with Crippen molar-refractivity contribution in [2.45, 2.75) is 45.1 Å². The SMILES string of the molecule is CC(CCCN)C(=O)NCC1CCCCN1C. The van der Waals surface area contributed by atoms with Crippen LogP contribution in [0, 0.1) is 5.92 Å². The number of nitrogens with two attached hydrogens (primary N) is 1. The predicted molar refractivity (Wildman–Crippen MR) is 70.7 cm³/mol. The summed E-state index contributed by atoms with van der Waals surface area (Å²) in [6.07, 6.45) is 5.59. The number of nitrogens with one attached hydrogen (secondary N) is 1. The molecule has 17 heavy (non-hydrogen) atoms. The molecule has 4 heteroatoms. The number of piperidine rings is 1. The zero-order chi connectivity index (χ0) is 12.7. The molecule has 1 aliphatic rings. The largest absolute Gasteiger partial charge is 0.354 e. The van der Waals surface area contributed by atoms with Gasteiger partial charge in [-0.1, -0.05) is 13.3 Å². The molecule has 0 aliphatic carbocycles. The molecule has 0 spiro atoms. The fourth-order valence-corrected chi connectivity index (χ4v) is 2.35. The van der Waals surface area contributed by atoms with Gasteiger partial charge in [-0.05, 0) is 45.8 Å². The van der Waals surface area contributed by atoms with Crippen molar-refractivity contribution in [3.8, 4) is 0 Å². The third-order valence-electron chi connectivity index (χ3n) is 3.72. The number of amides is 1. The summed E-state index contributed by atoms with van der Waals surface area (Å²) in [5.74, 6) is 0.268. The molecule has 0 radical (unpaired) electrons. The monoisotopic (exact) mass is 241 g/mol. The molecule has 0 bridgehead atoms. The van der Waals surface area contributed by atoms with Gasteiger partial charge in [0.2, 0.25) is 5.91 Å². The highest BCUT2D eigenvalue weighted by Gasteiger charge is 2.20. The van der Waals surface area contributed by atoms with Gasteiger partial charge in [0.25, 0.3) is 0 Å². The van der Waals surface area contributed by atoms with Crippen LogP contribution in [0.4, 0.5) is 0 Å². The fourth-order valence-electron chi connectivity index (χ4n) is 2.35. The highest BCUT2D eigenvalue weighted by Crippen LogP contribution is 2.14. The van der Waals surface area contributed by atoms with Crippen LogP contribution in [0.3, 0.4) is 0 Å². The van der Waals surface area contributed by atoms with Crippen molar-refractivity contribution in [3.05, 3.63) is 0 Å². The summed E-state index contributed by atoms with van der Waals surface area (Å²) in [5, 5.41) is 3.07. The van der Waals surface area contributed by atoms with E-state index < -0.39 is 0 Å². The number of likely N-dealkylation sites (N-methyl/N-ethyl adjacent to an activating group) is 1. The maximum Gasteiger partial charge on any atom is 0.222 e. The number of rotatable bonds is 6. The Bertz CT molecular complexity index is 233. The Kier molecular flexibility index (Phi) is 6.52. The first-order valence-electron chi connectivity index (χ1n) is 6.83. The summed E-state index contributed by atoms with van der Waals surface area (Å²) in [7, 11) is 2.15. The first kappa shape index (κ1) is 14.5. The van der Waals surface area contributed by atoms with E-state index in [0.29, 0.717) is 12.6 Å². The number of likely N-dealkylation sites (tertiary alicyclic amines) is 1. The maximum atomic E-state index is 11.8. The van der Waals surface area contributed by atoms with Crippen molar-refractivity contribution < 1.29 is 4.79 Å². The van der Waals surface area contributed by atoms with Crippen LogP contribution in [0.1, 0.15) is 39.0 Å². The van der Waals surface area contributed by atoms with Gasteiger partial charge in [0, 0.05) is 18.5 Å². The summed E-state index contributed by atoms with van der Waals surface area (Å²) >= 11 is 0. The smallest absolute Gasteiger partial charge is 0.222 e. The average molecular weight is 241 g/mol. The molecule has 0 aromatic heterocycles. The number of hydrogen-bond donors (Lipinski definition) is 2. The Morgan fingerprint density at radius 2 is 2.29 bits per heavy atom. The molecule has 1 aliphatic heterocycles. The number of carbonyl (C=O) groups excluding carboxylic acids is 1. The molecule has 1 rings (SSSR count). The van der Waals surface area contributed by atoms with Gasteiger partial charge in [0.15, 0.2) is 0 Å². The van der Waals surface area contributed by atoms with Crippen molar-refractivity contribution in [2.75, 3.05) is 26.7 Å². The highest BCUT2D eigenvalue weighted by molar-refractivity contribution is 5.78. The minimum Gasteiger partial charge on any atom is -0.354 e. The van der Waals surface area contributed by atoms with Crippen molar-refractivity contribution in [1.29, 1.82) is 0 Å². The van der Waals surface area contributed by atoms with Crippen LogP contribution in [-0.2, 0) is 4.79 Å². The Labute approximate surface area is 105 Å². The molecule has 100 valence electrons. The van der Waals surface area contributed by atoms with Gasteiger partial charge in [-0.3, -0.25) is 4.79 Å². The van der Waals surface area contributed by atoms with Crippen LogP contribution in [0.25, 0.3) is 0 Å². The van der Waals surface area contributed by atoms with Crippen molar-refractivity contribution in [1.82, 2.24) is 10.2 Å². The molecule has 0 saturated carbocycles. The predicted octanol–water partition coefficient (Wildman–Crippen LogP) is 0.962. The van der Waals surface area contributed by atoms with Crippen LogP contribution in [0.2, 0.25) is 0 Å². The zero-order valence-corrected chi connectivity index (χ0v) is 11.2. The maximum absolute atomic E-state index is 11.8. The molecular formula is C13H27N3O. The molecule has 1 amide bonds. The molecular weight excluding hydrogens is 214 g/mol. The number of nitrogens with zero attached hydrogens (tertiary/aromatic N) is 1. The van der Waals surface area contributed by atoms with Gasteiger partial charge in [0.1, 0.15) is 0 Å². The standard InChI is InChI=1S/C13H27N3O/c1-11(6-5-8-14)13(17)15-10-12-7-3-4-9-16(12)2/h11-12H,3-10,14H2,1-2H3,(H,15,17). The second-order valence-corrected chi connectivity index (χ2v) is 5.21. The molecule has 1 fully saturated rings. The van der Waals surface area contributed by atoms with Crippen LogP contribution in [0.15, 0.2) is 0 Å². The molecule has 0 aromatic rings. The van der Waals surface area contributed by atoms with Crippen LogP contribution in [-0.4, -0.2) is 43.5 Å². The Hall–Kier alpha value is -0.610. The summed E-state index contributed by atoms with van der Waals surface area (Å²) in [4.78, 5) is 14.2. The molecule has 4 nitrogen and oxygen atoms in total. The molecule has 2 unspecified atom stereocenters.